The summed E-state index contributed by atoms with van der Waals surface area (Å²) in [6.45, 7) is 5.69. The van der Waals surface area contributed by atoms with Crippen molar-refractivity contribution in [2.24, 2.45) is 5.73 Å². The molecule has 3 rings (SSSR count). The molecule has 36 heavy (non-hydrogen) atoms. The molecule has 0 aliphatic carbocycles. The molecule has 0 saturated carbocycles. The number of benzene rings is 1. The highest BCUT2D eigenvalue weighted by atomic mass is 35.5. The van der Waals surface area contributed by atoms with E-state index in [0.717, 1.165) is 29.2 Å². The first kappa shape index (κ1) is 27.4. The number of aromatic nitrogens is 3. The number of nitrogens with two attached hydrogens (primary N) is 1. The number of thioether (sulfide) groups is 1. The van der Waals surface area contributed by atoms with Gasteiger partial charge < -0.3 is 25.1 Å². The van der Waals surface area contributed by atoms with Gasteiger partial charge in [-0.3, -0.25) is 9.59 Å². The van der Waals surface area contributed by atoms with Crippen LogP contribution in [-0.2, 0) is 16.1 Å². The van der Waals surface area contributed by atoms with Gasteiger partial charge in [-0.1, -0.05) is 23.4 Å². The van der Waals surface area contributed by atoms with Gasteiger partial charge in [-0.25, -0.2) is 9.18 Å². The molecule has 1 atom stereocenters. The van der Waals surface area contributed by atoms with E-state index in [2.05, 4.69) is 15.5 Å². The molecule has 0 saturated heterocycles. The van der Waals surface area contributed by atoms with Crippen LogP contribution in [0.15, 0.2) is 23.4 Å². The molecule has 0 fully saturated rings. The molecule has 192 valence electrons. The number of carbonyl (C=O) groups is 3. The molecule has 0 spiro atoms. The van der Waals surface area contributed by atoms with Crippen LogP contribution in [0.2, 0.25) is 5.02 Å². The highest BCUT2D eigenvalue weighted by Crippen LogP contribution is 2.34. The monoisotopic (exact) mass is 555 g/mol. The Kier molecular flexibility index (Phi) is 8.93. The predicted octanol–water partition coefficient (Wildman–Crippen LogP) is 4.22. The Labute approximate surface area is 219 Å². The van der Waals surface area contributed by atoms with Crippen molar-refractivity contribution in [3.05, 3.63) is 50.9 Å². The zero-order valence-electron chi connectivity index (χ0n) is 19.8. The van der Waals surface area contributed by atoms with Crippen LogP contribution in [0, 0.1) is 12.7 Å². The van der Waals surface area contributed by atoms with Gasteiger partial charge in [0.25, 0.3) is 5.91 Å². The molecular weight excluding hydrogens is 533 g/mol. The summed E-state index contributed by atoms with van der Waals surface area (Å²) in [6, 6.07) is 3.83. The molecule has 0 bridgehead atoms. The number of esters is 1. The number of thiophene rings is 1. The number of rotatable bonds is 10. The average molecular weight is 556 g/mol. The number of ether oxygens (including phenoxy) is 2. The minimum atomic E-state index is -0.709. The van der Waals surface area contributed by atoms with Crippen LogP contribution in [-0.4, -0.2) is 45.4 Å². The topological polar surface area (TPSA) is 138 Å². The first-order valence-corrected chi connectivity index (χ1v) is 12.7. The zero-order valence-corrected chi connectivity index (χ0v) is 22.1. The van der Waals surface area contributed by atoms with Crippen molar-refractivity contribution in [3.63, 3.8) is 0 Å². The normalized spacial score (nSPS) is 11.7. The van der Waals surface area contributed by atoms with Gasteiger partial charge in [-0.15, -0.1) is 21.5 Å². The summed E-state index contributed by atoms with van der Waals surface area (Å²) in [6.07, 6.45) is -0.562. The van der Waals surface area contributed by atoms with Gasteiger partial charge >= 0.3 is 5.97 Å². The lowest BCUT2D eigenvalue weighted by molar-refractivity contribution is -0.113. The maximum Gasteiger partial charge on any atom is 0.341 e. The standard InChI is InChI=1S/C22H23ClFN5O5S2/c1-5-29-19(11(3)34-14-7-6-12(24)8-13(14)23)27-28-22(29)35-9-15(30)26-20-16(21(32)33-4)10(2)17(36-20)18(25)31/h6-8,11H,5,9H2,1-4H3,(H2,25,31)(H,26,30). The highest BCUT2D eigenvalue weighted by molar-refractivity contribution is 7.99. The minimum Gasteiger partial charge on any atom is -0.481 e. The second-order valence-corrected chi connectivity index (χ2v) is 9.74. The third-order valence-electron chi connectivity index (χ3n) is 4.97. The van der Waals surface area contributed by atoms with Gasteiger partial charge in [-0.2, -0.15) is 0 Å². The van der Waals surface area contributed by atoms with Gasteiger partial charge in [0.05, 0.1) is 28.3 Å². The SMILES string of the molecule is CCn1c(SCC(=O)Nc2sc(C(N)=O)c(C)c2C(=O)OC)nnc1C(C)Oc1ccc(F)cc1Cl. The number of hydrogen-bond donors (Lipinski definition) is 2. The van der Waals surface area contributed by atoms with Crippen molar-refractivity contribution >= 4 is 57.5 Å². The summed E-state index contributed by atoms with van der Waals surface area (Å²) >= 11 is 8.08. The van der Waals surface area contributed by atoms with E-state index in [0.29, 0.717) is 28.8 Å². The highest BCUT2D eigenvalue weighted by Gasteiger charge is 2.26. The maximum absolute atomic E-state index is 13.3. The molecule has 1 aromatic carbocycles. The molecular formula is C22H23ClFN5O5S2. The van der Waals surface area contributed by atoms with Crippen molar-refractivity contribution in [2.75, 3.05) is 18.2 Å². The van der Waals surface area contributed by atoms with Gasteiger partial charge in [0.15, 0.2) is 17.1 Å². The van der Waals surface area contributed by atoms with Gasteiger partial charge in [-0.05, 0) is 44.5 Å². The van der Waals surface area contributed by atoms with E-state index < -0.39 is 29.7 Å². The quantitative estimate of drug-likeness (QED) is 0.280. The molecule has 0 radical (unpaired) electrons. The molecule has 3 N–H and O–H groups in total. The molecule has 0 aliphatic rings. The summed E-state index contributed by atoms with van der Waals surface area (Å²) < 4.78 is 25.7. The van der Waals surface area contributed by atoms with E-state index in [1.807, 2.05) is 6.92 Å². The van der Waals surface area contributed by atoms with Crippen LogP contribution < -0.4 is 15.8 Å². The number of nitrogens with one attached hydrogen (secondary N) is 1. The first-order chi connectivity index (χ1) is 17.1. The van der Waals surface area contributed by atoms with Crippen LogP contribution in [0.25, 0.3) is 0 Å². The van der Waals surface area contributed by atoms with E-state index in [-0.39, 0.29) is 26.2 Å². The van der Waals surface area contributed by atoms with E-state index in [1.54, 1.807) is 18.4 Å². The average Bonchev–Trinajstić information content (AvgIpc) is 3.39. The van der Waals surface area contributed by atoms with Gasteiger partial charge in [0.1, 0.15) is 16.6 Å². The van der Waals surface area contributed by atoms with Crippen LogP contribution in [0.1, 0.15) is 51.4 Å². The predicted molar refractivity (Wildman–Crippen MR) is 134 cm³/mol. The molecule has 1 unspecified atom stereocenters. The van der Waals surface area contributed by atoms with Crippen LogP contribution in [0.3, 0.4) is 0 Å². The van der Waals surface area contributed by atoms with Crippen LogP contribution in [0.4, 0.5) is 9.39 Å². The lowest BCUT2D eigenvalue weighted by Crippen LogP contribution is -2.17. The first-order valence-electron chi connectivity index (χ1n) is 10.6. The largest absolute Gasteiger partial charge is 0.481 e. The molecule has 2 amide bonds. The van der Waals surface area contributed by atoms with Crippen molar-refractivity contribution in [2.45, 2.75) is 38.6 Å². The fourth-order valence-corrected chi connectivity index (χ4v) is 5.38. The van der Waals surface area contributed by atoms with Gasteiger partial charge in [0, 0.05) is 6.54 Å². The number of nitrogens with zero attached hydrogens (tertiary/aromatic N) is 3. The summed E-state index contributed by atoms with van der Waals surface area (Å²) in [4.78, 5) is 36.7. The minimum absolute atomic E-state index is 0.0549. The third kappa shape index (κ3) is 5.97. The number of methoxy groups -OCH3 is 1. The second-order valence-electron chi connectivity index (χ2n) is 7.37. The fourth-order valence-electron chi connectivity index (χ4n) is 3.30. The van der Waals surface area contributed by atoms with Crippen molar-refractivity contribution in [1.82, 2.24) is 14.8 Å². The van der Waals surface area contributed by atoms with Crippen molar-refractivity contribution in [3.8, 4) is 5.75 Å². The molecule has 14 heteroatoms. The summed E-state index contributed by atoms with van der Waals surface area (Å²) in [5.41, 5.74) is 5.80. The number of amides is 2. The lowest BCUT2D eigenvalue weighted by atomic mass is 10.1. The Morgan fingerprint density at radius 2 is 2.06 bits per heavy atom. The molecule has 2 aromatic heterocycles. The van der Waals surface area contributed by atoms with E-state index in [1.165, 1.54) is 19.2 Å². The van der Waals surface area contributed by atoms with E-state index in [4.69, 9.17) is 26.8 Å². The Morgan fingerprint density at radius 1 is 1.33 bits per heavy atom. The Hall–Kier alpha value is -3.16. The van der Waals surface area contributed by atoms with Crippen LogP contribution >= 0.6 is 34.7 Å². The molecule has 0 aliphatic heterocycles. The van der Waals surface area contributed by atoms with E-state index >= 15 is 0 Å². The summed E-state index contributed by atoms with van der Waals surface area (Å²) in [5.74, 6) is -1.57. The zero-order chi connectivity index (χ0) is 26.6. The number of anilines is 1. The van der Waals surface area contributed by atoms with Crippen molar-refractivity contribution in [1.29, 1.82) is 0 Å². The van der Waals surface area contributed by atoms with Crippen molar-refractivity contribution < 1.29 is 28.2 Å². The fraction of sp³-hybridized carbons (Fsp3) is 0.318. The summed E-state index contributed by atoms with van der Waals surface area (Å²) in [5, 5.41) is 11.8. The molecule has 10 nitrogen and oxygen atoms in total. The second kappa shape index (κ2) is 11.7. The smallest absolute Gasteiger partial charge is 0.341 e. The van der Waals surface area contributed by atoms with E-state index in [9.17, 15) is 18.8 Å². The molecule has 3 aromatic rings. The summed E-state index contributed by atoms with van der Waals surface area (Å²) in [7, 11) is 1.20. The number of hydrogen-bond acceptors (Lipinski definition) is 9. The Bertz CT molecular complexity index is 1310. The number of halogens is 2. The van der Waals surface area contributed by atoms with Crippen LogP contribution in [0.5, 0.6) is 5.75 Å². The number of primary amides is 1. The lowest BCUT2D eigenvalue weighted by Gasteiger charge is -2.16. The Morgan fingerprint density at radius 3 is 2.67 bits per heavy atom. The third-order valence-corrected chi connectivity index (χ3v) is 7.45. The maximum atomic E-state index is 13.3. The number of carbonyl (C=O) groups excluding carboxylic acids is 3. The van der Waals surface area contributed by atoms with Gasteiger partial charge in [0.2, 0.25) is 5.91 Å². The Balaban J connectivity index is 1.72. The molecule has 2 heterocycles.